The Morgan fingerprint density at radius 1 is 0.700 bits per heavy atom. The third kappa shape index (κ3) is 4.27. The molecule has 0 fully saturated rings. The van der Waals surface area contributed by atoms with Crippen LogP contribution in [0.5, 0.6) is 5.75 Å². The van der Waals surface area contributed by atoms with E-state index in [1.807, 2.05) is 0 Å². The van der Waals surface area contributed by atoms with Crippen LogP contribution in [0.2, 0.25) is 0 Å². The van der Waals surface area contributed by atoms with Gasteiger partial charge in [0.2, 0.25) is 0 Å². The van der Waals surface area contributed by atoms with E-state index < -0.39 is 64.3 Å². The molecule has 0 aliphatic carbocycles. The maximum atomic E-state index is 14.1. The Balaban J connectivity index is 2.13. The summed E-state index contributed by atoms with van der Waals surface area (Å²) in [7, 11) is -3.93. The van der Waals surface area contributed by atoms with E-state index in [9.17, 15) is 30.4 Å². The standard InChI is InChI=1S/C19H12F5IO4S/c1-28-13-9-7-12(8-10-13)25(11-5-3-2-4-6-11)29-30(26,27)19-17(23)15(21)14(20)16(22)18(19)24/h2-10H,1H3. The fourth-order valence-electron chi connectivity index (χ4n) is 2.33. The summed E-state index contributed by atoms with van der Waals surface area (Å²) >= 11 is -3.40. The molecule has 0 spiro atoms. The monoisotopic (exact) mass is 558 g/mol. The maximum absolute atomic E-state index is 14.1. The molecular weight excluding hydrogens is 546 g/mol. The summed E-state index contributed by atoms with van der Waals surface area (Å²) in [5.41, 5.74) is 0. The first kappa shape index (κ1) is 22.4. The molecule has 0 bridgehead atoms. The van der Waals surface area contributed by atoms with Gasteiger partial charge >= 0.3 is 177 Å². The molecule has 3 aromatic carbocycles. The fourth-order valence-corrected chi connectivity index (χ4v) is 9.33. The molecular formula is C19H12F5IO4S. The van der Waals surface area contributed by atoms with Crippen molar-refractivity contribution in [2.45, 2.75) is 4.90 Å². The molecule has 160 valence electrons. The van der Waals surface area contributed by atoms with E-state index in [-0.39, 0.29) is 0 Å². The van der Waals surface area contributed by atoms with Crippen molar-refractivity contribution in [1.29, 1.82) is 0 Å². The van der Waals surface area contributed by atoms with Crippen molar-refractivity contribution in [1.82, 2.24) is 0 Å². The molecule has 0 amide bonds. The number of benzene rings is 3. The first-order chi connectivity index (χ1) is 14.2. The summed E-state index contributed by atoms with van der Waals surface area (Å²) < 4.78 is 105. The van der Waals surface area contributed by atoms with Gasteiger partial charge in [0.1, 0.15) is 0 Å². The quantitative estimate of drug-likeness (QED) is 0.180. The Bertz CT molecular complexity index is 1140. The summed E-state index contributed by atoms with van der Waals surface area (Å²) in [5.74, 6) is -11.7. The van der Waals surface area contributed by atoms with Crippen LogP contribution >= 0.6 is 20.2 Å². The van der Waals surface area contributed by atoms with Gasteiger partial charge in [-0.1, -0.05) is 0 Å². The predicted octanol–water partition coefficient (Wildman–Crippen LogP) is 5.26. The molecule has 3 rings (SSSR count). The SMILES string of the molecule is COc1ccc(I(OS(=O)(=O)c2c(F)c(F)c(F)c(F)c2F)c2ccccc2)cc1. The average molecular weight is 558 g/mol. The van der Waals surface area contributed by atoms with Gasteiger partial charge in [-0.25, -0.2) is 0 Å². The normalized spacial score (nSPS) is 12.0. The second-order valence-corrected chi connectivity index (χ2v) is 12.1. The third-order valence-electron chi connectivity index (χ3n) is 3.74. The van der Waals surface area contributed by atoms with Gasteiger partial charge < -0.3 is 0 Å². The van der Waals surface area contributed by atoms with Gasteiger partial charge in [0, 0.05) is 0 Å². The van der Waals surface area contributed by atoms with Crippen LogP contribution < -0.4 is 4.74 Å². The van der Waals surface area contributed by atoms with Gasteiger partial charge in [-0.3, -0.25) is 0 Å². The summed E-state index contributed by atoms with van der Waals surface area (Å²) in [5, 5.41) is 0. The first-order valence-corrected chi connectivity index (χ1v) is 12.5. The number of rotatable bonds is 6. The zero-order valence-corrected chi connectivity index (χ0v) is 18.0. The van der Waals surface area contributed by atoms with Crippen molar-refractivity contribution >= 4 is 30.4 Å². The number of hydrogen-bond acceptors (Lipinski definition) is 4. The molecule has 0 N–H and O–H groups in total. The second kappa shape index (κ2) is 8.86. The van der Waals surface area contributed by atoms with Gasteiger partial charge in [0.25, 0.3) is 0 Å². The molecule has 0 radical (unpaired) electrons. The zero-order valence-electron chi connectivity index (χ0n) is 15.0. The van der Waals surface area contributed by atoms with Crippen LogP contribution in [0.15, 0.2) is 59.5 Å². The van der Waals surface area contributed by atoms with Crippen LogP contribution in [0, 0.1) is 36.2 Å². The van der Waals surface area contributed by atoms with Gasteiger partial charge in [0.05, 0.1) is 0 Å². The molecule has 11 heteroatoms. The molecule has 0 atom stereocenters. The molecule has 0 saturated carbocycles. The topological polar surface area (TPSA) is 52.6 Å². The van der Waals surface area contributed by atoms with Crippen LogP contribution in [0.25, 0.3) is 0 Å². The van der Waals surface area contributed by atoms with E-state index in [0.717, 1.165) is 0 Å². The van der Waals surface area contributed by atoms with E-state index >= 15 is 0 Å². The van der Waals surface area contributed by atoms with Gasteiger partial charge in [-0.05, 0) is 0 Å². The fraction of sp³-hybridized carbons (Fsp3) is 0.0526. The summed E-state index contributed by atoms with van der Waals surface area (Å²) in [6.07, 6.45) is 0. The van der Waals surface area contributed by atoms with E-state index in [1.54, 1.807) is 30.3 Å². The third-order valence-corrected chi connectivity index (χ3v) is 11.1. The van der Waals surface area contributed by atoms with Crippen molar-refractivity contribution in [3.8, 4) is 5.75 Å². The van der Waals surface area contributed by atoms with Gasteiger partial charge in [-0.2, -0.15) is 0 Å². The summed E-state index contributed by atoms with van der Waals surface area (Å²) in [4.78, 5) is -2.02. The van der Waals surface area contributed by atoms with E-state index in [4.69, 9.17) is 7.25 Å². The van der Waals surface area contributed by atoms with E-state index in [1.165, 1.54) is 31.4 Å². The number of hydrogen-bond donors (Lipinski definition) is 0. The first-order valence-electron chi connectivity index (χ1n) is 8.03. The van der Waals surface area contributed by atoms with Crippen molar-refractivity contribution in [3.63, 3.8) is 0 Å². The molecule has 0 aromatic heterocycles. The van der Waals surface area contributed by atoms with Crippen molar-refractivity contribution in [2.75, 3.05) is 7.11 Å². The minimum absolute atomic E-state index is 0.388. The van der Waals surface area contributed by atoms with Crippen molar-refractivity contribution in [3.05, 3.63) is 90.8 Å². The molecule has 0 heterocycles. The van der Waals surface area contributed by atoms with Crippen LogP contribution in [-0.4, -0.2) is 15.5 Å². The van der Waals surface area contributed by atoms with Gasteiger partial charge in [0.15, 0.2) is 0 Å². The second-order valence-electron chi connectivity index (χ2n) is 5.62. The molecule has 4 nitrogen and oxygen atoms in total. The zero-order chi connectivity index (χ0) is 22.1. The van der Waals surface area contributed by atoms with Crippen LogP contribution in [0.1, 0.15) is 0 Å². The minimum atomic E-state index is -5.35. The van der Waals surface area contributed by atoms with Crippen LogP contribution in [-0.2, 0) is 12.6 Å². The average Bonchev–Trinajstić information content (AvgIpc) is 2.75. The van der Waals surface area contributed by atoms with E-state index in [2.05, 4.69) is 0 Å². The molecule has 0 saturated heterocycles. The summed E-state index contributed by atoms with van der Waals surface area (Å²) in [6, 6.07) is 14.0. The number of ether oxygens (including phenoxy) is 1. The Morgan fingerprint density at radius 3 is 1.67 bits per heavy atom. The van der Waals surface area contributed by atoms with Crippen molar-refractivity contribution < 1.29 is 37.6 Å². The van der Waals surface area contributed by atoms with Crippen molar-refractivity contribution in [2.24, 2.45) is 0 Å². The Kier molecular flexibility index (Phi) is 6.62. The molecule has 0 aliphatic heterocycles. The molecule has 30 heavy (non-hydrogen) atoms. The van der Waals surface area contributed by atoms with Gasteiger partial charge in [-0.15, -0.1) is 0 Å². The predicted molar refractivity (Wildman–Crippen MR) is 105 cm³/mol. The van der Waals surface area contributed by atoms with E-state index in [0.29, 0.717) is 12.9 Å². The number of halogens is 6. The van der Waals surface area contributed by atoms with Crippen LogP contribution in [0.4, 0.5) is 22.0 Å². The molecule has 0 aliphatic rings. The summed E-state index contributed by atoms with van der Waals surface area (Å²) in [6.45, 7) is 0. The Hall–Kier alpha value is -2.25. The number of methoxy groups -OCH3 is 1. The Labute approximate surface area is 176 Å². The molecule has 0 unspecified atom stereocenters. The molecule has 3 aromatic rings. The van der Waals surface area contributed by atoms with Crippen LogP contribution in [0.3, 0.4) is 0 Å². The Morgan fingerprint density at radius 2 is 1.17 bits per heavy atom.